The van der Waals surface area contributed by atoms with Crippen molar-refractivity contribution >= 4 is 29.5 Å². The molecule has 0 aromatic heterocycles. The molecule has 5 N–H and O–H groups in total. The van der Waals surface area contributed by atoms with Gasteiger partial charge >= 0.3 is 5.97 Å². The van der Waals surface area contributed by atoms with E-state index in [1.807, 2.05) is 34.0 Å². The first-order valence-corrected chi connectivity index (χ1v) is 10.1. The van der Waals surface area contributed by atoms with Crippen molar-refractivity contribution in [3.05, 3.63) is 0 Å². The van der Waals surface area contributed by atoms with Crippen LogP contribution >= 0.6 is 11.8 Å². The molecular weight excluding hydrogens is 342 g/mol. The van der Waals surface area contributed by atoms with Gasteiger partial charge in [-0.05, 0) is 36.7 Å². The average molecular weight is 376 g/mol. The second kappa shape index (κ2) is 12.1. The van der Waals surface area contributed by atoms with Crippen LogP contribution < -0.4 is 16.4 Å². The quantitative estimate of drug-likeness (QED) is 0.407. The zero-order valence-electron chi connectivity index (χ0n) is 15.9. The number of rotatable bonds is 12. The highest BCUT2D eigenvalue weighted by Gasteiger charge is 2.31. The minimum atomic E-state index is -1.08. The van der Waals surface area contributed by atoms with Gasteiger partial charge in [0, 0.05) is 0 Å². The number of hydrogen-bond donors (Lipinski definition) is 4. The van der Waals surface area contributed by atoms with Crippen molar-refractivity contribution in [3.63, 3.8) is 0 Å². The molecule has 0 radical (unpaired) electrons. The zero-order chi connectivity index (χ0) is 19.6. The molecule has 0 aromatic carbocycles. The normalized spacial score (nSPS) is 16.0. The van der Waals surface area contributed by atoms with Crippen LogP contribution in [0.5, 0.6) is 0 Å². The van der Waals surface area contributed by atoms with Crippen LogP contribution in [-0.4, -0.2) is 53.0 Å². The number of aliphatic carboxylic acids is 1. The van der Waals surface area contributed by atoms with Crippen molar-refractivity contribution in [2.24, 2.45) is 17.6 Å². The van der Waals surface area contributed by atoms with Gasteiger partial charge in [0.15, 0.2) is 0 Å². The summed E-state index contributed by atoms with van der Waals surface area (Å²) >= 11 is 1.60. The van der Waals surface area contributed by atoms with Crippen LogP contribution in [0.3, 0.4) is 0 Å². The summed E-state index contributed by atoms with van der Waals surface area (Å²) < 4.78 is 0. The van der Waals surface area contributed by atoms with Crippen molar-refractivity contribution in [1.82, 2.24) is 10.6 Å². The van der Waals surface area contributed by atoms with Gasteiger partial charge < -0.3 is 21.5 Å². The average Bonchev–Trinajstić information content (AvgIpc) is 2.55. The van der Waals surface area contributed by atoms with Gasteiger partial charge in [0.2, 0.25) is 11.8 Å². The Bertz CT molecular complexity index is 446. The lowest BCUT2D eigenvalue weighted by molar-refractivity contribution is -0.143. The SMILES string of the molecule is CCC(C)C(NC(=O)C(N)CCSC)C(=O)NC(CC(C)C)C(=O)O. The molecule has 25 heavy (non-hydrogen) atoms. The van der Waals surface area contributed by atoms with Gasteiger partial charge in [0.05, 0.1) is 6.04 Å². The lowest BCUT2D eigenvalue weighted by Crippen LogP contribution is -2.56. The van der Waals surface area contributed by atoms with Crippen LogP contribution in [0.1, 0.15) is 47.0 Å². The molecule has 0 aliphatic rings. The summed E-state index contributed by atoms with van der Waals surface area (Å²) in [6.45, 7) is 7.53. The van der Waals surface area contributed by atoms with Crippen molar-refractivity contribution in [2.45, 2.75) is 65.1 Å². The number of carbonyl (C=O) groups is 3. The van der Waals surface area contributed by atoms with E-state index in [2.05, 4.69) is 10.6 Å². The Morgan fingerprint density at radius 1 is 1.12 bits per heavy atom. The molecular formula is C17H33N3O4S. The van der Waals surface area contributed by atoms with Gasteiger partial charge in [0.25, 0.3) is 0 Å². The van der Waals surface area contributed by atoms with E-state index < -0.39 is 30.0 Å². The van der Waals surface area contributed by atoms with Crippen molar-refractivity contribution in [3.8, 4) is 0 Å². The number of hydrogen-bond acceptors (Lipinski definition) is 5. The number of carboxylic acid groups (broad SMARTS) is 1. The fraction of sp³-hybridized carbons (Fsp3) is 0.824. The first-order valence-electron chi connectivity index (χ1n) is 8.72. The summed E-state index contributed by atoms with van der Waals surface area (Å²) in [6, 6.07) is -2.45. The number of carboxylic acids is 1. The Balaban J connectivity index is 5.03. The third kappa shape index (κ3) is 9.11. The Morgan fingerprint density at radius 2 is 1.72 bits per heavy atom. The highest BCUT2D eigenvalue weighted by molar-refractivity contribution is 7.98. The van der Waals surface area contributed by atoms with E-state index in [-0.39, 0.29) is 17.7 Å². The Morgan fingerprint density at radius 3 is 2.16 bits per heavy atom. The standard InChI is InChI=1S/C17H33N3O4S/c1-6-11(4)14(20-15(21)12(18)7-8-25-5)16(22)19-13(17(23)24)9-10(2)3/h10-14H,6-9,18H2,1-5H3,(H,19,22)(H,20,21)(H,23,24). The minimum Gasteiger partial charge on any atom is -0.480 e. The van der Waals surface area contributed by atoms with E-state index in [4.69, 9.17) is 5.73 Å². The lowest BCUT2D eigenvalue weighted by atomic mass is 9.96. The first kappa shape index (κ1) is 23.7. The van der Waals surface area contributed by atoms with E-state index in [1.165, 1.54) is 0 Å². The topological polar surface area (TPSA) is 122 Å². The number of nitrogens with two attached hydrogens (primary N) is 1. The molecule has 0 saturated heterocycles. The van der Waals surface area contributed by atoms with Gasteiger partial charge in [-0.3, -0.25) is 9.59 Å². The van der Waals surface area contributed by atoms with Crippen molar-refractivity contribution in [2.75, 3.05) is 12.0 Å². The van der Waals surface area contributed by atoms with Crippen LogP contribution in [0.4, 0.5) is 0 Å². The molecule has 0 fully saturated rings. The smallest absolute Gasteiger partial charge is 0.326 e. The predicted octanol–water partition coefficient (Wildman–Crippen LogP) is 1.21. The molecule has 4 atom stereocenters. The van der Waals surface area contributed by atoms with Gasteiger partial charge in [0.1, 0.15) is 12.1 Å². The fourth-order valence-electron chi connectivity index (χ4n) is 2.29. The number of amides is 2. The van der Waals surface area contributed by atoms with E-state index in [0.717, 1.165) is 5.75 Å². The third-order valence-corrected chi connectivity index (χ3v) is 4.73. The summed E-state index contributed by atoms with van der Waals surface area (Å²) in [5.41, 5.74) is 5.86. The molecule has 2 amide bonds. The summed E-state index contributed by atoms with van der Waals surface area (Å²) in [4.78, 5) is 36.2. The molecule has 0 aliphatic carbocycles. The molecule has 4 unspecified atom stereocenters. The molecule has 7 nitrogen and oxygen atoms in total. The molecule has 146 valence electrons. The van der Waals surface area contributed by atoms with Gasteiger partial charge in [-0.1, -0.05) is 34.1 Å². The molecule has 0 heterocycles. The zero-order valence-corrected chi connectivity index (χ0v) is 16.7. The number of nitrogens with one attached hydrogen (secondary N) is 2. The molecule has 0 aromatic rings. The first-order chi connectivity index (χ1) is 11.6. The fourth-order valence-corrected chi connectivity index (χ4v) is 2.78. The second-order valence-electron chi connectivity index (χ2n) is 6.79. The Labute approximate surface area is 154 Å². The second-order valence-corrected chi connectivity index (χ2v) is 7.77. The van der Waals surface area contributed by atoms with Crippen molar-refractivity contribution in [1.29, 1.82) is 0 Å². The molecule has 0 saturated carbocycles. The van der Waals surface area contributed by atoms with Crippen LogP contribution in [0.2, 0.25) is 0 Å². The van der Waals surface area contributed by atoms with Gasteiger partial charge in [-0.2, -0.15) is 11.8 Å². The monoisotopic (exact) mass is 375 g/mol. The van der Waals surface area contributed by atoms with Crippen molar-refractivity contribution < 1.29 is 19.5 Å². The maximum atomic E-state index is 12.6. The van der Waals surface area contributed by atoms with E-state index in [9.17, 15) is 19.5 Å². The third-order valence-electron chi connectivity index (χ3n) is 4.08. The van der Waals surface area contributed by atoms with Gasteiger partial charge in [-0.15, -0.1) is 0 Å². The molecule has 0 bridgehead atoms. The molecule has 0 rings (SSSR count). The highest BCUT2D eigenvalue weighted by atomic mass is 32.2. The van der Waals surface area contributed by atoms with E-state index in [0.29, 0.717) is 19.3 Å². The molecule has 0 aliphatic heterocycles. The van der Waals surface area contributed by atoms with Crippen LogP contribution in [0, 0.1) is 11.8 Å². The van der Waals surface area contributed by atoms with Crippen LogP contribution in [0.15, 0.2) is 0 Å². The maximum Gasteiger partial charge on any atom is 0.326 e. The lowest BCUT2D eigenvalue weighted by Gasteiger charge is -2.27. The highest BCUT2D eigenvalue weighted by Crippen LogP contribution is 2.11. The molecule has 8 heteroatoms. The Hall–Kier alpha value is -1.28. The largest absolute Gasteiger partial charge is 0.480 e. The Kier molecular flexibility index (Phi) is 11.5. The summed E-state index contributed by atoms with van der Waals surface area (Å²) in [5.74, 6) is -1.20. The molecule has 0 spiro atoms. The summed E-state index contributed by atoms with van der Waals surface area (Å²) in [6.07, 6.45) is 3.45. The van der Waals surface area contributed by atoms with Crippen LogP contribution in [0.25, 0.3) is 0 Å². The number of carbonyl (C=O) groups excluding carboxylic acids is 2. The summed E-state index contributed by atoms with van der Waals surface area (Å²) in [5, 5.41) is 14.5. The van der Waals surface area contributed by atoms with E-state index in [1.54, 1.807) is 11.8 Å². The predicted molar refractivity (Wildman–Crippen MR) is 101 cm³/mol. The number of thioether (sulfide) groups is 1. The summed E-state index contributed by atoms with van der Waals surface area (Å²) in [7, 11) is 0. The maximum absolute atomic E-state index is 12.6. The van der Waals surface area contributed by atoms with E-state index >= 15 is 0 Å². The van der Waals surface area contributed by atoms with Gasteiger partial charge in [-0.25, -0.2) is 4.79 Å². The minimum absolute atomic E-state index is 0.123. The van der Waals surface area contributed by atoms with Crippen LogP contribution in [-0.2, 0) is 14.4 Å².